The molecule has 3 unspecified atom stereocenters. The second kappa shape index (κ2) is 11.5. The summed E-state index contributed by atoms with van der Waals surface area (Å²) in [5.74, 6) is -1.40. The van der Waals surface area contributed by atoms with E-state index < -0.39 is 29.5 Å². The van der Waals surface area contributed by atoms with E-state index in [-0.39, 0.29) is 24.2 Å². The summed E-state index contributed by atoms with van der Waals surface area (Å²) in [5.41, 5.74) is -0.213. The molecule has 28 heavy (non-hydrogen) atoms. The van der Waals surface area contributed by atoms with Gasteiger partial charge < -0.3 is 14.9 Å². The van der Waals surface area contributed by atoms with Crippen molar-refractivity contribution in [2.45, 2.75) is 85.0 Å². The number of aliphatic hydroxyl groups is 2. The van der Waals surface area contributed by atoms with Crippen LogP contribution in [0, 0.1) is 17.3 Å². The molecule has 5 nitrogen and oxygen atoms in total. The van der Waals surface area contributed by atoms with Gasteiger partial charge in [0.25, 0.3) is 0 Å². The molecule has 0 bridgehead atoms. The number of allylic oxidation sites excluding steroid dienone is 1. The highest BCUT2D eigenvalue weighted by atomic mass is 127. The Labute approximate surface area is 182 Å². The fourth-order valence-corrected chi connectivity index (χ4v) is 3.88. The highest BCUT2D eigenvalue weighted by Gasteiger charge is 2.42. The van der Waals surface area contributed by atoms with Gasteiger partial charge in [-0.25, -0.2) is 0 Å². The van der Waals surface area contributed by atoms with E-state index in [0.717, 1.165) is 24.8 Å². The lowest BCUT2D eigenvalue weighted by Crippen LogP contribution is -2.45. The number of ether oxygens (including phenoxy) is 1. The highest BCUT2D eigenvalue weighted by molar-refractivity contribution is 14.1. The van der Waals surface area contributed by atoms with Crippen LogP contribution in [0.2, 0.25) is 0 Å². The van der Waals surface area contributed by atoms with Crippen molar-refractivity contribution in [1.82, 2.24) is 0 Å². The molecule has 0 amide bonds. The first-order valence-corrected chi connectivity index (χ1v) is 11.3. The minimum absolute atomic E-state index is 0.0184. The van der Waals surface area contributed by atoms with Crippen molar-refractivity contribution in [1.29, 1.82) is 0 Å². The summed E-state index contributed by atoms with van der Waals surface area (Å²) < 4.78 is 7.47. The molecule has 0 aromatic heterocycles. The predicted octanol–water partition coefficient (Wildman–Crippen LogP) is 4.35. The average Bonchev–Trinajstić information content (AvgIpc) is 2.65. The van der Waals surface area contributed by atoms with E-state index in [1.807, 2.05) is 24.0 Å². The summed E-state index contributed by atoms with van der Waals surface area (Å²) in [6.45, 7) is 8.81. The van der Waals surface area contributed by atoms with Gasteiger partial charge in [0, 0.05) is 12.3 Å². The lowest BCUT2D eigenvalue weighted by Gasteiger charge is -2.34. The van der Waals surface area contributed by atoms with E-state index in [0.29, 0.717) is 6.42 Å². The number of carbonyl (C=O) groups excluding carboxylic acids is 2. The maximum absolute atomic E-state index is 13.0. The molecule has 1 aliphatic rings. The number of ketones is 1. The normalized spacial score (nSPS) is 35.3. The quantitative estimate of drug-likeness (QED) is 0.314. The van der Waals surface area contributed by atoms with Gasteiger partial charge in [-0.05, 0) is 41.8 Å². The number of esters is 1. The van der Waals surface area contributed by atoms with Gasteiger partial charge in [0.2, 0.25) is 0 Å². The second-order valence-corrected chi connectivity index (χ2v) is 9.15. The Balaban J connectivity index is 3.10. The maximum atomic E-state index is 13.0. The summed E-state index contributed by atoms with van der Waals surface area (Å²) >= 11 is 2.12. The van der Waals surface area contributed by atoms with Gasteiger partial charge in [-0.1, -0.05) is 62.4 Å². The molecule has 0 spiro atoms. The second-order valence-electron chi connectivity index (χ2n) is 8.53. The third kappa shape index (κ3) is 6.95. The molecule has 5 atom stereocenters. The van der Waals surface area contributed by atoms with E-state index in [1.54, 1.807) is 20.8 Å². The lowest BCUT2D eigenvalue weighted by atomic mass is 9.73. The SMILES string of the molecule is C/C(=C\I)[C@@H]1C/C=C/CCCC(C)[C@H](O)C(C)C(=O)C(C)(C)C(O)CC(=O)O1. The number of hydrogen-bond donors (Lipinski definition) is 2. The zero-order valence-electron chi connectivity index (χ0n) is 17.7. The summed E-state index contributed by atoms with van der Waals surface area (Å²) in [6.07, 6.45) is 4.67. The van der Waals surface area contributed by atoms with Gasteiger partial charge in [-0.2, -0.15) is 0 Å². The Morgan fingerprint density at radius 3 is 2.50 bits per heavy atom. The number of Topliss-reactive ketones (excluding diaryl/α,β-unsaturated/α-hetero) is 1. The molecule has 0 saturated carbocycles. The highest BCUT2D eigenvalue weighted by Crippen LogP contribution is 2.32. The summed E-state index contributed by atoms with van der Waals surface area (Å²) in [5, 5.41) is 21.2. The fourth-order valence-electron chi connectivity index (χ4n) is 3.48. The van der Waals surface area contributed by atoms with Gasteiger partial charge >= 0.3 is 5.97 Å². The minimum atomic E-state index is -1.18. The van der Waals surface area contributed by atoms with Gasteiger partial charge in [-0.3, -0.25) is 9.59 Å². The van der Waals surface area contributed by atoms with Crippen molar-refractivity contribution in [3.8, 4) is 0 Å². The van der Waals surface area contributed by atoms with Gasteiger partial charge in [-0.15, -0.1) is 0 Å². The van der Waals surface area contributed by atoms with E-state index in [9.17, 15) is 19.8 Å². The average molecular weight is 506 g/mol. The molecule has 160 valence electrons. The molecule has 2 N–H and O–H groups in total. The van der Waals surface area contributed by atoms with Gasteiger partial charge in [0.1, 0.15) is 11.9 Å². The van der Waals surface area contributed by atoms with Crippen LogP contribution in [0.3, 0.4) is 0 Å². The zero-order valence-corrected chi connectivity index (χ0v) is 19.8. The standard InChI is InChI=1S/C22H35IO5/c1-14-10-8-6-7-9-11-17(15(2)13-23)28-19(25)12-18(24)22(4,5)21(27)16(3)20(14)26/h7,9,13-14,16-18,20,24,26H,6,8,10-12H2,1-5H3/b9-7+,15-13+/t14?,16?,17-,18?,20-/m0/s1. The summed E-state index contributed by atoms with van der Waals surface area (Å²) in [4.78, 5) is 25.4. The van der Waals surface area contributed by atoms with Crippen LogP contribution in [0.25, 0.3) is 0 Å². The van der Waals surface area contributed by atoms with Crippen LogP contribution < -0.4 is 0 Å². The van der Waals surface area contributed by atoms with Crippen LogP contribution in [-0.2, 0) is 14.3 Å². The largest absolute Gasteiger partial charge is 0.457 e. The molecule has 1 aliphatic heterocycles. The van der Waals surface area contributed by atoms with Crippen LogP contribution in [-0.4, -0.2) is 40.3 Å². The predicted molar refractivity (Wildman–Crippen MR) is 119 cm³/mol. The van der Waals surface area contributed by atoms with Crippen LogP contribution in [0.1, 0.15) is 66.7 Å². The Bertz CT molecular complexity index is 596. The number of rotatable bonds is 1. The molecule has 0 fully saturated rings. The Morgan fingerprint density at radius 1 is 1.25 bits per heavy atom. The van der Waals surface area contributed by atoms with E-state index in [1.165, 1.54) is 0 Å². The zero-order chi connectivity index (χ0) is 21.5. The Hall–Kier alpha value is -0.730. The molecule has 1 heterocycles. The molecule has 0 aromatic carbocycles. The molecular formula is C22H35IO5. The molecule has 0 saturated heterocycles. The third-order valence-electron chi connectivity index (χ3n) is 5.84. The van der Waals surface area contributed by atoms with Crippen LogP contribution in [0.15, 0.2) is 21.8 Å². The topological polar surface area (TPSA) is 83.8 Å². The maximum Gasteiger partial charge on any atom is 0.309 e. The van der Waals surface area contributed by atoms with E-state index in [2.05, 4.69) is 28.7 Å². The molecule has 6 heteroatoms. The van der Waals surface area contributed by atoms with Crippen LogP contribution in [0.5, 0.6) is 0 Å². The van der Waals surface area contributed by atoms with E-state index >= 15 is 0 Å². The molecule has 0 radical (unpaired) electrons. The van der Waals surface area contributed by atoms with Gasteiger partial charge in [0.15, 0.2) is 0 Å². The Kier molecular flexibility index (Phi) is 10.4. The smallest absolute Gasteiger partial charge is 0.309 e. The van der Waals surface area contributed by atoms with Crippen molar-refractivity contribution < 1.29 is 24.5 Å². The number of cyclic esters (lactones) is 1. The Morgan fingerprint density at radius 2 is 1.89 bits per heavy atom. The van der Waals surface area contributed by atoms with Gasteiger partial charge in [0.05, 0.1) is 24.0 Å². The van der Waals surface area contributed by atoms with Crippen molar-refractivity contribution in [2.24, 2.45) is 17.3 Å². The first-order valence-electron chi connectivity index (χ1n) is 10.0. The van der Waals surface area contributed by atoms with Crippen molar-refractivity contribution in [3.63, 3.8) is 0 Å². The number of halogens is 1. The van der Waals surface area contributed by atoms with E-state index in [4.69, 9.17) is 4.74 Å². The lowest BCUT2D eigenvalue weighted by molar-refractivity contribution is -0.154. The third-order valence-corrected chi connectivity index (χ3v) is 6.82. The number of hydrogen-bond acceptors (Lipinski definition) is 5. The summed E-state index contributed by atoms with van der Waals surface area (Å²) in [7, 11) is 0. The van der Waals surface area contributed by atoms with Crippen molar-refractivity contribution >= 4 is 34.3 Å². The molecule has 0 aromatic rings. The summed E-state index contributed by atoms with van der Waals surface area (Å²) in [6, 6.07) is 0. The van der Waals surface area contributed by atoms with Crippen molar-refractivity contribution in [2.75, 3.05) is 0 Å². The van der Waals surface area contributed by atoms with Crippen molar-refractivity contribution in [3.05, 3.63) is 21.8 Å². The first kappa shape index (κ1) is 25.3. The van der Waals surface area contributed by atoms with Crippen LogP contribution >= 0.6 is 22.6 Å². The monoisotopic (exact) mass is 506 g/mol. The number of carbonyl (C=O) groups is 2. The minimum Gasteiger partial charge on any atom is -0.457 e. The molecular weight excluding hydrogens is 471 g/mol. The fraction of sp³-hybridized carbons (Fsp3) is 0.727. The molecule has 1 rings (SSSR count). The first-order chi connectivity index (χ1) is 13.0. The number of aliphatic hydroxyl groups excluding tert-OH is 2. The van der Waals surface area contributed by atoms with Crippen LogP contribution in [0.4, 0.5) is 0 Å². The molecule has 0 aliphatic carbocycles.